The van der Waals surface area contributed by atoms with Gasteiger partial charge in [0.2, 0.25) is 0 Å². The van der Waals surface area contributed by atoms with Crippen molar-refractivity contribution in [1.29, 1.82) is 0 Å². The summed E-state index contributed by atoms with van der Waals surface area (Å²) in [5.74, 6) is -0.109. The van der Waals surface area contributed by atoms with E-state index in [0.29, 0.717) is 19.4 Å². The third-order valence-corrected chi connectivity index (χ3v) is 5.19. The van der Waals surface area contributed by atoms with E-state index in [1.807, 2.05) is 36.4 Å². The Bertz CT molecular complexity index is 804. The first-order valence-electron chi connectivity index (χ1n) is 11.3. The average molecular weight is 426 g/mol. The number of hydrogen-bond acceptors (Lipinski definition) is 4. The van der Waals surface area contributed by atoms with Crippen molar-refractivity contribution in [2.45, 2.75) is 77.4 Å². The molecule has 0 saturated heterocycles. The molecular formula is C26H35NO4. The number of nitrogens with zero attached hydrogens (tertiary/aromatic N) is 1. The van der Waals surface area contributed by atoms with Gasteiger partial charge in [0.25, 0.3) is 0 Å². The third-order valence-electron chi connectivity index (χ3n) is 5.19. The van der Waals surface area contributed by atoms with Crippen LogP contribution >= 0.6 is 0 Å². The Morgan fingerprint density at radius 2 is 2.00 bits per heavy atom. The number of carboxylic acid groups (broad SMARTS) is 1. The summed E-state index contributed by atoms with van der Waals surface area (Å²) in [5.41, 5.74) is 2.71. The maximum absolute atomic E-state index is 10.8. The predicted molar refractivity (Wildman–Crippen MR) is 124 cm³/mol. The van der Waals surface area contributed by atoms with Crippen LogP contribution in [0.5, 0.6) is 5.75 Å². The molecule has 1 atom stereocenters. The first-order valence-corrected chi connectivity index (χ1v) is 11.3. The maximum atomic E-state index is 10.8. The van der Waals surface area contributed by atoms with Crippen molar-refractivity contribution < 1.29 is 19.7 Å². The van der Waals surface area contributed by atoms with Crippen LogP contribution in [0.4, 0.5) is 0 Å². The van der Waals surface area contributed by atoms with E-state index in [-0.39, 0.29) is 6.42 Å². The number of aromatic nitrogens is 1. The molecule has 2 rings (SSSR count). The second kappa shape index (κ2) is 14.4. The van der Waals surface area contributed by atoms with E-state index in [2.05, 4.69) is 18.0 Å². The Kier molecular flexibility index (Phi) is 11.4. The minimum absolute atomic E-state index is 0.0618. The van der Waals surface area contributed by atoms with Gasteiger partial charge in [-0.05, 0) is 55.0 Å². The van der Waals surface area contributed by atoms with Gasteiger partial charge in [-0.25, -0.2) is 0 Å². The molecule has 1 unspecified atom stereocenters. The molecule has 0 spiro atoms. The number of pyridine rings is 1. The van der Waals surface area contributed by atoms with Crippen molar-refractivity contribution in [3.63, 3.8) is 0 Å². The van der Waals surface area contributed by atoms with E-state index in [0.717, 1.165) is 35.3 Å². The second-order valence-electron chi connectivity index (χ2n) is 7.85. The van der Waals surface area contributed by atoms with Crippen molar-refractivity contribution >= 4 is 12.0 Å². The number of aliphatic hydroxyl groups excluding tert-OH is 1. The van der Waals surface area contributed by atoms with Crippen LogP contribution in [0.3, 0.4) is 0 Å². The topological polar surface area (TPSA) is 79.7 Å². The lowest BCUT2D eigenvalue weighted by Crippen LogP contribution is -2.03. The van der Waals surface area contributed by atoms with E-state index in [1.54, 1.807) is 12.4 Å². The molecule has 1 aromatic heterocycles. The first-order chi connectivity index (χ1) is 15.1. The molecule has 0 aliphatic heterocycles. The molecule has 5 nitrogen and oxygen atoms in total. The normalized spacial score (nSPS) is 12.2. The summed E-state index contributed by atoms with van der Waals surface area (Å²) in [7, 11) is 0. The molecule has 0 amide bonds. The molecule has 0 aliphatic rings. The lowest BCUT2D eigenvalue weighted by atomic mass is 9.97. The number of aliphatic hydroxyl groups is 1. The standard InChI is InChI=1S/C26H35NO4/c1-2-3-4-5-6-7-8-12-22-18-23(31-20-21-11-10-17-27-19-21)15-16-24(22)25(28)13-9-14-26(29)30/h8,10-12,15-19,25,28H,2-7,9,13-14,20H2,1H3,(H,29,30)/b12-8+. The molecule has 0 bridgehead atoms. The number of hydrogen-bond donors (Lipinski definition) is 2. The minimum atomic E-state index is -0.838. The third kappa shape index (κ3) is 9.79. The molecule has 1 heterocycles. The van der Waals surface area contributed by atoms with Crippen LogP contribution in [0.2, 0.25) is 0 Å². The molecule has 1 aromatic carbocycles. The molecule has 0 radical (unpaired) electrons. The van der Waals surface area contributed by atoms with Crippen molar-refractivity contribution in [3.8, 4) is 5.75 Å². The molecule has 0 fully saturated rings. The summed E-state index contributed by atoms with van der Waals surface area (Å²) in [6.07, 6.45) is 15.1. The highest BCUT2D eigenvalue weighted by atomic mass is 16.5. The van der Waals surface area contributed by atoms with Gasteiger partial charge in [0.05, 0.1) is 6.10 Å². The highest BCUT2D eigenvalue weighted by molar-refractivity contribution is 5.66. The number of carboxylic acids is 1. The van der Waals surface area contributed by atoms with Crippen molar-refractivity contribution in [1.82, 2.24) is 4.98 Å². The highest BCUT2D eigenvalue weighted by Crippen LogP contribution is 2.28. The lowest BCUT2D eigenvalue weighted by Gasteiger charge is -2.15. The van der Waals surface area contributed by atoms with Crippen LogP contribution in [-0.2, 0) is 11.4 Å². The first kappa shape index (κ1) is 24.6. The lowest BCUT2D eigenvalue weighted by molar-refractivity contribution is -0.137. The number of allylic oxidation sites excluding steroid dienone is 1. The van der Waals surface area contributed by atoms with E-state index in [1.165, 1.54) is 25.7 Å². The molecule has 2 aromatic rings. The molecule has 31 heavy (non-hydrogen) atoms. The SMILES string of the molecule is CCCCCCC/C=C/c1cc(OCc2cccnc2)ccc1C(O)CCCC(=O)O. The Morgan fingerprint density at radius 3 is 2.74 bits per heavy atom. The molecular weight excluding hydrogens is 390 g/mol. The number of unbranched alkanes of at least 4 members (excludes halogenated alkanes) is 5. The number of benzene rings is 1. The Hall–Kier alpha value is -2.66. The van der Waals surface area contributed by atoms with Crippen LogP contribution in [0, 0.1) is 0 Å². The summed E-state index contributed by atoms with van der Waals surface area (Å²) in [4.78, 5) is 14.9. The van der Waals surface area contributed by atoms with Gasteiger partial charge in [0.1, 0.15) is 12.4 Å². The van der Waals surface area contributed by atoms with Crippen LogP contribution in [-0.4, -0.2) is 21.2 Å². The van der Waals surface area contributed by atoms with Crippen LogP contribution in [0.15, 0.2) is 48.8 Å². The molecule has 0 aliphatic carbocycles. The molecule has 168 valence electrons. The van der Waals surface area contributed by atoms with Gasteiger partial charge in [0.15, 0.2) is 0 Å². The Balaban J connectivity index is 2.04. The zero-order valence-electron chi connectivity index (χ0n) is 18.5. The van der Waals surface area contributed by atoms with Gasteiger partial charge in [-0.15, -0.1) is 0 Å². The van der Waals surface area contributed by atoms with Crippen molar-refractivity contribution in [3.05, 3.63) is 65.5 Å². The van der Waals surface area contributed by atoms with E-state index in [9.17, 15) is 9.90 Å². The Labute approximate surface area is 185 Å². The number of rotatable bonds is 15. The number of carbonyl (C=O) groups is 1. The van der Waals surface area contributed by atoms with Gasteiger partial charge in [-0.3, -0.25) is 9.78 Å². The van der Waals surface area contributed by atoms with Crippen LogP contribution in [0.1, 0.15) is 87.5 Å². The minimum Gasteiger partial charge on any atom is -0.489 e. The van der Waals surface area contributed by atoms with Crippen LogP contribution in [0.25, 0.3) is 6.08 Å². The predicted octanol–water partition coefficient (Wildman–Crippen LogP) is 6.32. The smallest absolute Gasteiger partial charge is 0.303 e. The van der Waals surface area contributed by atoms with Gasteiger partial charge in [0, 0.05) is 24.4 Å². The van der Waals surface area contributed by atoms with Gasteiger partial charge in [-0.1, -0.05) is 56.9 Å². The summed E-state index contributed by atoms with van der Waals surface area (Å²) in [5, 5.41) is 19.5. The molecule has 2 N–H and O–H groups in total. The van der Waals surface area contributed by atoms with Crippen LogP contribution < -0.4 is 4.74 Å². The summed E-state index contributed by atoms with van der Waals surface area (Å²) < 4.78 is 5.92. The van der Waals surface area contributed by atoms with E-state index < -0.39 is 12.1 Å². The summed E-state index contributed by atoms with van der Waals surface area (Å²) in [6.45, 7) is 2.64. The fourth-order valence-electron chi connectivity index (χ4n) is 3.42. The van der Waals surface area contributed by atoms with Gasteiger partial charge in [-0.2, -0.15) is 0 Å². The van der Waals surface area contributed by atoms with Crippen molar-refractivity contribution in [2.75, 3.05) is 0 Å². The van der Waals surface area contributed by atoms with E-state index >= 15 is 0 Å². The second-order valence-corrected chi connectivity index (χ2v) is 7.85. The largest absolute Gasteiger partial charge is 0.489 e. The molecule has 5 heteroatoms. The summed E-state index contributed by atoms with van der Waals surface area (Å²) >= 11 is 0. The summed E-state index contributed by atoms with van der Waals surface area (Å²) in [6, 6.07) is 9.52. The number of aliphatic carboxylic acids is 1. The molecule has 0 saturated carbocycles. The average Bonchev–Trinajstić information content (AvgIpc) is 2.77. The monoisotopic (exact) mass is 425 g/mol. The Morgan fingerprint density at radius 1 is 1.16 bits per heavy atom. The van der Waals surface area contributed by atoms with Crippen molar-refractivity contribution in [2.24, 2.45) is 0 Å². The zero-order valence-corrected chi connectivity index (χ0v) is 18.5. The maximum Gasteiger partial charge on any atom is 0.303 e. The van der Waals surface area contributed by atoms with Gasteiger partial charge >= 0.3 is 5.97 Å². The highest BCUT2D eigenvalue weighted by Gasteiger charge is 2.13. The fraction of sp³-hybridized carbons (Fsp3) is 0.462. The zero-order chi connectivity index (χ0) is 22.3. The number of ether oxygens (including phenoxy) is 1. The van der Waals surface area contributed by atoms with Gasteiger partial charge < -0.3 is 14.9 Å². The quantitative estimate of drug-likeness (QED) is 0.326. The fourth-order valence-corrected chi connectivity index (χ4v) is 3.42. The van der Waals surface area contributed by atoms with E-state index in [4.69, 9.17) is 9.84 Å².